The number of hydrogen-bond donors (Lipinski definition) is 1. The van der Waals surface area contributed by atoms with Crippen molar-refractivity contribution in [1.82, 2.24) is 4.90 Å². The molecule has 0 bridgehead atoms. The average Bonchev–Trinajstić information content (AvgIpc) is 2.38. The van der Waals surface area contributed by atoms with E-state index in [1.54, 1.807) is 0 Å². The Bertz CT molecular complexity index is 303. The standard InChI is InChI=1S/C19H38N2.2ClH/c1-17(2,20)15-16-21(18(3)11-7-5-8-12-18)19(4)13-9-6-10-14-19;;/h5-16,20H2,1-4H3;2*1H. The number of nitrogens with two attached hydrogens (primary N) is 1. The maximum Gasteiger partial charge on any atom is 0.0186 e. The van der Waals surface area contributed by atoms with Gasteiger partial charge in [0.1, 0.15) is 0 Å². The lowest BCUT2D eigenvalue weighted by Crippen LogP contribution is -2.60. The Morgan fingerprint density at radius 1 is 0.783 bits per heavy atom. The van der Waals surface area contributed by atoms with Gasteiger partial charge in [0, 0.05) is 23.2 Å². The molecule has 140 valence electrons. The van der Waals surface area contributed by atoms with Gasteiger partial charge in [-0.15, -0.1) is 24.8 Å². The molecule has 0 unspecified atom stereocenters. The van der Waals surface area contributed by atoms with Gasteiger partial charge in [-0.2, -0.15) is 0 Å². The van der Waals surface area contributed by atoms with Gasteiger partial charge in [0.2, 0.25) is 0 Å². The Kier molecular flexibility index (Phi) is 9.47. The maximum absolute atomic E-state index is 6.30. The van der Waals surface area contributed by atoms with Gasteiger partial charge >= 0.3 is 0 Å². The number of hydrogen-bond acceptors (Lipinski definition) is 2. The van der Waals surface area contributed by atoms with Crippen molar-refractivity contribution in [1.29, 1.82) is 0 Å². The quantitative estimate of drug-likeness (QED) is 0.675. The Labute approximate surface area is 157 Å². The molecule has 0 heterocycles. The summed E-state index contributed by atoms with van der Waals surface area (Å²) in [6, 6.07) is 0. The zero-order chi connectivity index (χ0) is 15.6. The Morgan fingerprint density at radius 3 is 1.43 bits per heavy atom. The molecule has 2 rings (SSSR count). The third-order valence-corrected chi connectivity index (χ3v) is 6.14. The van der Waals surface area contributed by atoms with E-state index in [1.165, 1.54) is 70.8 Å². The smallest absolute Gasteiger partial charge is 0.0186 e. The summed E-state index contributed by atoms with van der Waals surface area (Å²) in [6.45, 7) is 10.6. The van der Waals surface area contributed by atoms with E-state index < -0.39 is 0 Å². The van der Waals surface area contributed by atoms with Crippen molar-refractivity contribution in [2.75, 3.05) is 6.54 Å². The van der Waals surface area contributed by atoms with Crippen LogP contribution in [0.4, 0.5) is 0 Å². The zero-order valence-electron chi connectivity index (χ0n) is 15.8. The molecule has 4 heteroatoms. The van der Waals surface area contributed by atoms with Crippen LogP contribution >= 0.6 is 24.8 Å². The lowest BCUT2D eigenvalue weighted by molar-refractivity contribution is -0.0469. The first-order valence-corrected chi connectivity index (χ1v) is 9.32. The first-order chi connectivity index (χ1) is 9.75. The van der Waals surface area contributed by atoms with Gasteiger partial charge in [-0.05, 0) is 59.8 Å². The average molecular weight is 367 g/mol. The highest BCUT2D eigenvalue weighted by Gasteiger charge is 2.44. The molecule has 2 N–H and O–H groups in total. The highest BCUT2D eigenvalue weighted by atomic mass is 35.5. The molecule has 2 aliphatic rings. The van der Waals surface area contributed by atoms with Crippen LogP contribution in [-0.2, 0) is 0 Å². The molecular weight excluding hydrogens is 327 g/mol. The normalized spacial score (nSPS) is 23.7. The van der Waals surface area contributed by atoms with Crippen LogP contribution in [0.15, 0.2) is 0 Å². The molecule has 0 radical (unpaired) electrons. The molecule has 23 heavy (non-hydrogen) atoms. The van der Waals surface area contributed by atoms with Gasteiger partial charge in [-0.3, -0.25) is 4.90 Å². The van der Waals surface area contributed by atoms with Crippen LogP contribution in [0.2, 0.25) is 0 Å². The summed E-state index contributed by atoms with van der Waals surface area (Å²) in [5, 5.41) is 0. The van der Waals surface area contributed by atoms with E-state index in [4.69, 9.17) is 5.73 Å². The van der Waals surface area contributed by atoms with Crippen LogP contribution in [0, 0.1) is 0 Å². The van der Waals surface area contributed by atoms with Gasteiger partial charge in [0.15, 0.2) is 0 Å². The first-order valence-electron chi connectivity index (χ1n) is 9.32. The van der Waals surface area contributed by atoms with Crippen LogP contribution in [0.3, 0.4) is 0 Å². The molecule has 0 aromatic heterocycles. The maximum atomic E-state index is 6.30. The molecule has 0 aromatic rings. The molecular formula is C19H40Cl2N2. The van der Waals surface area contributed by atoms with E-state index in [0.717, 1.165) is 6.42 Å². The minimum Gasteiger partial charge on any atom is -0.326 e. The lowest BCUT2D eigenvalue weighted by atomic mass is 9.74. The van der Waals surface area contributed by atoms with Crippen LogP contribution in [0.1, 0.15) is 98.3 Å². The lowest BCUT2D eigenvalue weighted by Gasteiger charge is -2.55. The number of halogens is 2. The highest BCUT2D eigenvalue weighted by molar-refractivity contribution is 5.85. The summed E-state index contributed by atoms with van der Waals surface area (Å²) < 4.78 is 0. The van der Waals surface area contributed by atoms with Crippen molar-refractivity contribution in [3.63, 3.8) is 0 Å². The Hall–Kier alpha value is 0.500. The van der Waals surface area contributed by atoms with Crippen molar-refractivity contribution in [3.05, 3.63) is 0 Å². The summed E-state index contributed by atoms with van der Waals surface area (Å²) in [5.41, 5.74) is 7.08. The monoisotopic (exact) mass is 366 g/mol. The predicted octanol–water partition coefficient (Wildman–Crippen LogP) is 5.71. The van der Waals surface area contributed by atoms with Gasteiger partial charge in [0.25, 0.3) is 0 Å². The summed E-state index contributed by atoms with van der Waals surface area (Å²) >= 11 is 0. The predicted molar refractivity (Wildman–Crippen MR) is 107 cm³/mol. The summed E-state index contributed by atoms with van der Waals surface area (Å²) in [6.07, 6.45) is 15.2. The molecule has 0 spiro atoms. The Balaban J connectivity index is 0.00000242. The highest BCUT2D eigenvalue weighted by Crippen LogP contribution is 2.43. The van der Waals surface area contributed by atoms with E-state index >= 15 is 0 Å². The summed E-state index contributed by atoms with van der Waals surface area (Å²) in [4.78, 5) is 2.91. The third kappa shape index (κ3) is 6.38. The van der Waals surface area contributed by atoms with Crippen LogP contribution in [-0.4, -0.2) is 28.1 Å². The largest absolute Gasteiger partial charge is 0.326 e. The molecule has 2 saturated carbocycles. The van der Waals surface area contributed by atoms with Crippen molar-refractivity contribution in [2.45, 2.75) is 115 Å². The number of nitrogens with zero attached hydrogens (tertiary/aromatic N) is 1. The van der Waals surface area contributed by atoms with Crippen LogP contribution in [0.25, 0.3) is 0 Å². The van der Waals surface area contributed by atoms with Crippen molar-refractivity contribution >= 4 is 24.8 Å². The molecule has 2 aliphatic carbocycles. The molecule has 2 nitrogen and oxygen atoms in total. The molecule has 2 fully saturated rings. The molecule has 0 amide bonds. The topological polar surface area (TPSA) is 29.3 Å². The van der Waals surface area contributed by atoms with Crippen molar-refractivity contribution in [3.8, 4) is 0 Å². The zero-order valence-corrected chi connectivity index (χ0v) is 17.5. The second-order valence-electron chi connectivity index (χ2n) is 9.01. The van der Waals surface area contributed by atoms with E-state index in [9.17, 15) is 0 Å². The number of rotatable bonds is 5. The minimum atomic E-state index is -0.0473. The Morgan fingerprint density at radius 2 is 1.13 bits per heavy atom. The van der Waals surface area contributed by atoms with Gasteiger partial charge in [-0.1, -0.05) is 38.5 Å². The summed E-state index contributed by atoms with van der Waals surface area (Å²) in [5.74, 6) is 0. The van der Waals surface area contributed by atoms with Gasteiger partial charge < -0.3 is 5.73 Å². The minimum absolute atomic E-state index is 0. The van der Waals surface area contributed by atoms with Crippen LogP contribution in [0.5, 0.6) is 0 Å². The molecule has 0 aliphatic heterocycles. The van der Waals surface area contributed by atoms with Crippen molar-refractivity contribution < 1.29 is 0 Å². The van der Waals surface area contributed by atoms with E-state index in [-0.39, 0.29) is 30.4 Å². The SMILES string of the molecule is CC(C)(N)CCN(C1(C)CCCCC1)C1(C)CCCCC1.Cl.Cl. The van der Waals surface area contributed by atoms with Crippen molar-refractivity contribution in [2.24, 2.45) is 5.73 Å². The molecule has 0 atom stereocenters. The fourth-order valence-electron chi connectivity index (χ4n) is 4.76. The van der Waals surface area contributed by atoms with Gasteiger partial charge in [-0.25, -0.2) is 0 Å². The van der Waals surface area contributed by atoms with Crippen LogP contribution < -0.4 is 5.73 Å². The fourth-order valence-corrected chi connectivity index (χ4v) is 4.76. The van der Waals surface area contributed by atoms with E-state index in [0.29, 0.717) is 11.1 Å². The first kappa shape index (κ1) is 23.5. The third-order valence-electron chi connectivity index (χ3n) is 6.14. The van der Waals surface area contributed by atoms with E-state index in [1.807, 2.05) is 0 Å². The molecule has 0 aromatic carbocycles. The second-order valence-corrected chi connectivity index (χ2v) is 9.01. The fraction of sp³-hybridized carbons (Fsp3) is 1.00. The van der Waals surface area contributed by atoms with Gasteiger partial charge in [0.05, 0.1) is 0 Å². The second kappa shape index (κ2) is 9.27. The van der Waals surface area contributed by atoms with E-state index in [2.05, 4.69) is 32.6 Å². The summed E-state index contributed by atoms with van der Waals surface area (Å²) in [7, 11) is 0. The molecule has 0 saturated heterocycles.